The summed E-state index contributed by atoms with van der Waals surface area (Å²) in [5, 5.41) is 11.8. The van der Waals surface area contributed by atoms with E-state index in [0.717, 1.165) is 36.3 Å². The number of nitrogen functional groups attached to an aromatic ring is 1. The second kappa shape index (κ2) is 7.55. The van der Waals surface area contributed by atoms with Gasteiger partial charge in [0, 0.05) is 50.2 Å². The molecule has 0 atom stereocenters. The zero-order chi connectivity index (χ0) is 20.5. The largest absolute Gasteiger partial charge is 0.397 e. The van der Waals surface area contributed by atoms with Gasteiger partial charge in [0.1, 0.15) is 9.71 Å². The normalized spacial score (nSPS) is 14.8. The number of aromatic nitrogens is 1. The van der Waals surface area contributed by atoms with Crippen LogP contribution >= 0.6 is 11.3 Å². The van der Waals surface area contributed by atoms with Gasteiger partial charge < -0.3 is 21.3 Å². The number of rotatable bonds is 4. The monoisotopic (exact) mass is 412 g/mol. The Hall–Kier alpha value is -3.40. The number of non-ortho nitro benzene ring substituents is 1. The van der Waals surface area contributed by atoms with Gasteiger partial charge in [0.25, 0.3) is 11.6 Å². The van der Waals surface area contributed by atoms with E-state index in [4.69, 9.17) is 11.5 Å². The quantitative estimate of drug-likeness (QED) is 0.497. The molecule has 4 N–H and O–H groups in total. The van der Waals surface area contributed by atoms with Crippen LogP contribution in [0.4, 0.5) is 22.7 Å². The number of fused-ring (bicyclic) bond motifs is 1. The zero-order valence-electron chi connectivity index (χ0n) is 15.6. The van der Waals surface area contributed by atoms with Gasteiger partial charge in [-0.2, -0.15) is 0 Å². The lowest BCUT2D eigenvalue weighted by atomic mass is 10.2. The molecular formula is C19H20N6O3S. The molecule has 1 aliphatic rings. The Morgan fingerprint density at radius 1 is 1.17 bits per heavy atom. The first-order chi connectivity index (χ1) is 14.0. The average molecular weight is 412 g/mol. The molecule has 29 heavy (non-hydrogen) atoms. The molecule has 1 amide bonds. The summed E-state index contributed by atoms with van der Waals surface area (Å²) < 4.78 is 0. The summed E-state index contributed by atoms with van der Waals surface area (Å²) >= 11 is 1.21. The highest BCUT2D eigenvalue weighted by atomic mass is 32.1. The minimum absolute atomic E-state index is 0.0875. The van der Waals surface area contributed by atoms with Gasteiger partial charge in [-0.3, -0.25) is 14.9 Å². The molecule has 1 aliphatic heterocycles. The third kappa shape index (κ3) is 3.54. The maximum Gasteiger partial charge on any atom is 0.271 e. The van der Waals surface area contributed by atoms with E-state index >= 15 is 0 Å². The van der Waals surface area contributed by atoms with Crippen LogP contribution in [-0.4, -0.2) is 42.0 Å². The number of hydrogen-bond acceptors (Lipinski definition) is 8. The van der Waals surface area contributed by atoms with E-state index in [0.29, 0.717) is 28.5 Å². The molecule has 4 rings (SSSR count). The van der Waals surface area contributed by atoms with E-state index in [1.807, 2.05) is 12.1 Å². The van der Waals surface area contributed by atoms with Gasteiger partial charge in [-0.15, -0.1) is 11.3 Å². The van der Waals surface area contributed by atoms with Crippen LogP contribution in [0.1, 0.15) is 16.1 Å². The molecule has 0 saturated carbocycles. The van der Waals surface area contributed by atoms with Crippen molar-refractivity contribution in [2.24, 2.45) is 5.73 Å². The molecule has 2 aromatic heterocycles. The third-order valence-corrected chi connectivity index (χ3v) is 6.20. The van der Waals surface area contributed by atoms with Crippen LogP contribution < -0.4 is 21.3 Å². The molecule has 1 saturated heterocycles. The Balaban J connectivity index is 1.62. The number of benzene rings is 1. The number of nitrogens with two attached hydrogens (primary N) is 2. The van der Waals surface area contributed by atoms with E-state index < -0.39 is 5.91 Å². The van der Waals surface area contributed by atoms with Crippen LogP contribution in [0.3, 0.4) is 0 Å². The molecule has 0 unspecified atom stereocenters. The van der Waals surface area contributed by atoms with Crippen molar-refractivity contribution in [2.75, 3.05) is 41.7 Å². The summed E-state index contributed by atoms with van der Waals surface area (Å²) in [5.41, 5.74) is 13.9. The van der Waals surface area contributed by atoms with E-state index in [2.05, 4.69) is 14.8 Å². The van der Waals surface area contributed by atoms with Crippen LogP contribution in [0.2, 0.25) is 0 Å². The Morgan fingerprint density at radius 3 is 2.69 bits per heavy atom. The lowest BCUT2D eigenvalue weighted by Gasteiger charge is -2.25. The number of anilines is 3. The molecule has 0 radical (unpaired) electrons. The molecule has 0 bridgehead atoms. The summed E-state index contributed by atoms with van der Waals surface area (Å²) in [4.78, 5) is 32.1. The van der Waals surface area contributed by atoms with Crippen LogP contribution in [0.15, 0.2) is 36.5 Å². The Kier molecular flexibility index (Phi) is 4.93. The zero-order valence-corrected chi connectivity index (χ0v) is 16.4. The molecule has 1 fully saturated rings. The van der Waals surface area contributed by atoms with Crippen molar-refractivity contribution < 1.29 is 9.72 Å². The van der Waals surface area contributed by atoms with Gasteiger partial charge in [0.2, 0.25) is 0 Å². The summed E-state index contributed by atoms with van der Waals surface area (Å²) in [7, 11) is 0. The van der Waals surface area contributed by atoms with Gasteiger partial charge in [0.15, 0.2) is 0 Å². The first kappa shape index (κ1) is 18.9. The predicted molar refractivity (Wildman–Crippen MR) is 115 cm³/mol. The summed E-state index contributed by atoms with van der Waals surface area (Å²) in [6, 6.07) is 8.61. The van der Waals surface area contributed by atoms with Crippen molar-refractivity contribution in [1.82, 2.24) is 4.98 Å². The highest BCUT2D eigenvalue weighted by Gasteiger charge is 2.22. The first-order valence-electron chi connectivity index (χ1n) is 9.17. The van der Waals surface area contributed by atoms with Crippen molar-refractivity contribution in [1.29, 1.82) is 0 Å². The maximum atomic E-state index is 11.7. The summed E-state index contributed by atoms with van der Waals surface area (Å²) in [6.07, 6.45) is 2.58. The molecule has 3 heterocycles. The number of nitro benzene ring substituents is 1. The van der Waals surface area contributed by atoms with E-state index in [9.17, 15) is 14.9 Å². The van der Waals surface area contributed by atoms with Gasteiger partial charge in [-0.25, -0.2) is 4.98 Å². The number of primary amides is 1. The van der Waals surface area contributed by atoms with Crippen molar-refractivity contribution in [3.63, 3.8) is 0 Å². The topological polar surface area (TPSA) is 132 Å². The van der Waals surface area contributed by atoms with Crippen molar-refractivity contribution in [3.8, 4) is 0 Å². The summed E-state index contributed by atoms with van der Waals surface area (Å²) in [5.74, 6) is -0.552. The van der Waals surface area contributed by atoms with Crippen molar-refractivity contribution >= 4 is 50.2 Å². The molecule has 9 nitrogen and oxygen atoms in total. The molecular weight excluding hydrogens is 392 g/mol. The number of nitrogens with zero attached hydrogens (tertiary/aromatic N) is 4. The van der Waals surface area contributed by atoms with Crippen LogP contribution in [0.25, 0.3) is 10.2 Å². The standard InChI is InChI=1S/C19H20N6O3S/c20-16-15-14(5-6-22-19(15)29-17(16)18(21)26)24-8-2-7-23(9-10-24)12-3-1-4-13(11-12)25(27)28/h1,3-6,11H,2,7-10,20H2,(H2,21,26). The second-order valence-electron chi connectivity index (χ2n) is 6.82. The first-order valence-corrected chi connectivity index (χ1v) is 9.98. The van der Waals surface area contributed by atoms with Gasteiger partial charge in [-0.1, -0.05) is 6.07 Å². The lowest BCUT2D eigenvalue weighted by molar-refractivity contribution is -0.384. The number of carbonyl (C=O) groups is 1. The Bertz CT molecular complexity index is 1100. The van der Waals surface area contributed by atoms with Gasteiger partial charge >= 0.3 is 0 Å². The van der Waals surface area contributed by atoms with Gasteiger partial charge in [0.05, 0.1) is 21.7 Å². The minimum atomic E-state index is -0.552. The number of pyridine rings is 1. The second-order valence-corrected chi connectivity index (χ2v) is 7.82. The smallest absolute Gasteiger partial charge is 0.271 e. The molecule has 150 valence electrons. The van der Waals surface area contributed by atoms with Crippen molar-refractivity contribution in [2.45, 2.75) is 6.42 Å². The van der Waals surface area contributed by atoms with E-state index in [1.165, 1.54) is 17.4 Å². The van der Waals surface area contributed by atoms with E-state index in [1.54, 1.807) is 18.3 Å². The molecule has 0 aliphatic carbocycles. The number of hydrogen-bond donors (Lipinski definition) is 2. The Morgan fingerprint density at radius 2 is 1.93 bits per heavy atom. The molecule has 0 spiro atoms. The number of amides is 1. The minimum Gasteiger partial charge on any atom is -0.397 e. The SMILES string of the molecule is NC(=O)c1sc2nccc(N3CCCN(c4cccc([N+](=O)[O-])c4)CC3)c2c1N. The highest BCUT2D eigenvalue weighted by Crippen LogP contribution is 2.38. The summed E-state index contributed by atoms with van der Waals surface area (Å²) in [6.45, 7) is 3.00. The Labute approximate surface area is 170 Å². The van der Waals surface area contributed by atoms with Crippen molar-refractivity contribution in [3.05, 3.63) is 51.5 Å². The fourth-order valence-corrected chi connectivity index (χ4v) is 4.63. The maximum absolute atomic E-state index is 11.7. The van der Waals surface area contributed by atoms with Crippen LogP contribution in [0.5, 0.6) is 0 Å². The van der Waals surface area contributed by atoms with Crippen LogP contribution in [-0.2, 0) is 0 Å². The number of thiophene rings is 1. The molecule has 10 heteroatoms. The fraction of sp³-hybridized carbons (Fsp3) is 0.263. The average Bonchev–Trinajstić information content (AvgIpc) is 2.89. The predicted octanol–water partition coefficient (Wildman–Crippen LogP) is 2.60. The lowest BCUT2D eigenvalue weighted by Crippen LogP contribution is -2.30. The number of nitro groups is 1. The van der Waals surface area contributed by atoms with E-state index in [-0.39, 0.29) is 10.6 Å². The van der Waals surface area contributed by atoms with Crippen LogP contribution in [0, 0.1) is 10.1 Å². The highest BCUT2D eigenvalue weighted by molar-refractivity contribution is 7.21. The third-order valence-electron chi connectivity index (χ3n) is 5.07. The number of carbonyl (C=O) groups excluding carboxylic acids is 1. The molecule has 1 aromatic carbocycles. The fourth-order valence-electron chi connectivity index (χ4n) is 3.70. The molecule has 3 aromatic rings. The van der Waals surface area contributed by atoms with Gasteiger partial charge in [-0.05, 0) is 18.6 Å².